The Balaban J connectivity index is 1.94. The Morgan fingerprint density at radius 2 is 1.71 bits per heavy atom. The van der Waals surface area contributed by atoms with Crippen LogP contribution in [0.1, 0.15) is 58.2 Å². The second-order valence-electron chi connectivity index (χ2n) is 9.82. The summed E-state index contributed by atoms with van der Waals surface area (Å²) in [6, 6.07) is 13.5. The minimum Gasteiger partial charge on any atom is -0.454 e. The van der Waals surface area contributed by atoms with Gasteiger partial charge in [0, 0.05) is 17.3 Å². The van der Waals surface area contributed by atoms with E-state index in [9.17, 15) is 4.79 Å². The highest BCUT2D eigenvalue weighted by Gasteiger charge is 2.41. The van der Waals surface area contributed by atoms with Crippen LogP contribution in [0.3, 0.4) is 0 Å². The topological polar surface area (TPSA) is 48.0 Å². The molecule has 1 amide bonds. The Labute approximate surface area is 211 Å². The molecule has 5 nitrogen and oxygen atoms in total. The van der Waals surface area contributed by atoms with Crippen molar-refractivity contribution in [2.45, 2.75) is 71.3 Å². The van der Waals surface area contributed by atoms with Gasteiger partial charge in [-0.3, -0.25) is 4.90 Å². The molecular weight excluding hydrogens is 454 g/mol. The Hall–Kier alpha value is -3.17. The molecule has 1 heterocycles. The highest BCUT2D eigenvalue weighted by molar-refractivity contribution is 6.90. The van der Waals surface area contributed by atoms with Gasteiger partial charge in [-0.1, -0.05) is 84.4 Å². The smallest absolute Gasteiger partial charge is 0.414 e. The molecule has 2 aromatic rings. The summed E-state index contributed by atoms with van der Waals surface area (Å²) in [4.78, 5) is 14.3. The molecular formula is C29H37NO4Si. The van der Waals surface area contributed by atoms with Crippen LogP contribution in [0.25, 0.3) is 0 Å². The third-order valence-electron chi connectivity index (χ3n) is 6.91. The second-order valence-corrected chi connectivity index (χ2v) is 15.4. The van der Waals surface area contributed by atoms with Crippen molar-refractivity contribution in [3.63, 3.8) is 0 Å². The molecule has 0 aliphatic carbocycles. The van der Waals surface area contributed by atoms with E-state index in [4.69, 9.17) is 14.2 Å². The van der Waals surface area contributed by atoms with Gasteiger partial charge < -0.3 is 14.2 Å². The fraction of sp³-hybridized carbons (Fsp3) is 0.414. The molecule has 0 N–H and O–H groups in total. The summed E-state index contributed by atoms with van der Waals surface area (Å²) >= 11 is 0. The van der Waals surface area contributed by atoms with Crippen molar-refractivity contribution in [1.29, 1.82) is 0 Å². The molecule has 1 aliphatic heterocycles. The maximum Gasteiger partial charge on any atom is 0.414 e. The second kappa shape index (κ2) is 11.5. The van der Waals surface area contributed by atoms with Gasteiger partial charge in [0.1, 0.15) is 14.7 Å². The van der Waals surface area contributed by atoms with Crippen LogP contribution in [0.15, 0.2) is 55.2 Å². The van der Waals surface area contributed by atoms with E-state index in [-0.39, 0.29) is 19.9 Å². The van der Waals surface area contributed by atoms with E-state index >= 15 is 0 Å². The molecule has 0 atom stereocenters. The molecule has 0 unspecified atom stereocenters. The van der Waals surface area contributed by atoms with Gasteiger partial charge in [-0.05, 0) is 34.3 Å². The summed E-state index contributed by atoms with van der Waals surface area (Å²) in [6.45, 7) is 18.2. The van der Waals surface area contributed by atoms with Gasteiger partial charge in [0.25, 0.3) is 0 Å². The first-order valence-corrected chi connectivity index (χ1v) is 14.5. The molecule has 3 rings (SSSR count). The average molecular weight is 492 g/mol. The van der Waals surface area contributed by atoms with Crippen LogP contribution in [0.2, 0.25) is 16.6 Å². The molecule has 0 fully saturated rings. The maximum atomic E-state index is 12.9. The third kappa shape index (κ3) is 5.74. The number of hydrogen-bond acceptors (Lipinski definition) is 4. The van der Waals surface area contributed by atoms with Crippen molar-refractivity contribution in [3.05, 3.63) is 71.9 Å². The largest absolute Gasteiger partial charge is 0.454 e. The summed E-state index contributed by atoms with van der Waals surface area (Å²) in [5.74, 6) is 4.81. The van der Waals surface area contributed by atoms with Crippen LogP contribution in [-0.4, -0.2) is 25.9 Å². The molecule has 186 valence electrons. The molecule has 0 spiro atoms. The van der Waals surface area contributed by atoms with Gasteiger partial charge in [-0.15, -0.1) is 5.54 Å². The standard InChI is InChI=1S/C29H37NO4Si/c1-8-30(29(31)32-19-24-12-10-9-11-13-24)18-26-25(14-15-27-28(26)34-20-33-27)16-17-35(21(2)3,22(4)5)23(6)7/h8-15,21-23H,1,18-20H2,2-7H3. The zero-order valence-corrected chi connectivity index (χ0v) is 22.8. The van der Waals surface area contributed by atoms with E-state index in [1.54, 1.807) is 0 Å². The first-order valence-electron chi connectivity index (χ1n) is 12.2. The maximum absolute atomic E-state index is 12.9. The molecule has 0 radical (unpaired) electrons. The third-order valence-corrected chi connectivity index (χ3v) is 13.2. The molecule has 0 saturated carbocycles. The van der Waals surface area contributed by atoms with Crippen molar-refractivity contribution < 1.29 is 19.0 Å². The number of nitrogens with zero attached hydrogens (tertiary/aromatic N) is 1. The number of ether oxygens (including phenoxy) is 3. The lowest BCUT2D eigenvalue weighted by Crippen LogP contribution is -2.43. The van der Waals surface area contributed by atoms with Crippen molar-refractivity contribution in [1.82, 2.24) is 4.90 Å². The first-order chi connectivity index (χ1) is 16.7. The molecule has 0 aromatic heterocycles. The Bertz CT molecular complexity index is 1080. The van der Waals surface area contributed by atoms with Crippen LogP contribution in [0.4, 0.5) is 4.79 Å². The quantitative estimate of drug-likeness (QED) is 0.288. The lowest BCUT2D eigenvalue weighted by molar-refractivity contribution is 0.108. The predicted octanol–water partition coefficient (Wildman–Crippen LogP) is 7.27. The predicted molar refractivity (Wildman–Crippen MR) is 143 cm³/mol. The number of hydrogen-bond donors (Lipinski definition) is 0. The van der Waals surface area contributed by atoms with E-state index in [0.717, 1.165) is 16.7 Å². The number of benzene rings is 2. The van der Waals surface area contributed by atoms with Gasteiger partial charge in [0.15, 0.2) is 11.5 Å². The van der Waals surface area contributed by atoms with Crippen LogP contribution in [0, 0.1) is 11.5 Å². The highest BCUT2D eigenvalue weighted by atomic mass is 28.3. The van der Waals surface area contributed by atoms with E-state index in [2.05, 4.69) is 59.6 Å². The van der Waals surface area contributed by atoms with Crippen LogP contribution in [0.5, 0.6) is 11.5 Å². The molecule has 1 aliphatic rings. The van der Waals surface area contributed by atoms with Crippen molar-refractivity contribution >= 4 is 14.2 Å². The zero-order valence-electron chi connectivity index (χ0n) is 21.8. The zero-order chi connectivity index (χ0) is 25.6. The fourth-order valence-electron chi connectivity index (χ4n) is 5.09. The molecule has 2 aromatic carbocycles. The van der Waals surface area contributed by atoms with E-state index in [1.165, 1.54) is 11.1 Å². The van der Waals surface area contributed by atoms with Gasteiger partial charge in [0.05, 0.1) is 6.54 Å². The number of fused-ring (bicyclic) bond motifs is 1. The van der Waals surface area contributed by atoms with Crippen LogP contribution >= 0.6 is 0 Å². The van der Waals surface area contributed by atoms with Gasteiger partial charge in [-0.25, -0.2) is 4.79 Å². The van der Waals surface area contributed by atoms with Crippen molar-refractivity contribution in [2.75, 3.05) is 6.79 Å². The molecule has 35 heavy (non-hydrogen) atoms. The number of carbonyl (C=O) groups excluding carboxylic acids is 1. The summed E-state index contributed by atoms with van der Waals surface area (Å²) in [5.41, 5.74) is 7.91. The van der Waals surface area contributed by atoms with E-state index < -0.39 is 14.2 Å². The van der Waals surface area contributed by atoms with Crippen LogP contribution < -0.4 is 9.47 Å². The van der Waals surface area contributed by atoms with Crippen LogP contribution in [-0.2, 0) is 17.9 Å². The Kier molecular flexibility index (Phi) is 8.69. The van der Waals surface area contributed by atoms with E-state index in [1.807, 2.05) is 42.5 Å². The minimum absolute atomic E-state index is 0.147. The fourth-order valence-corrected chi connectivity index (χ4v) is 10.3. The number of rotatable bonds is 8. The summed E-state index contributed by atoms with van der Waals surface area (Å²) in [7, 11) is -1.94. The first kappa shape index (κ1) is 26.4. The Morgan fingerprint density at radius 3 is 2.31 bits per heavy atom. The lowest BCUT2D eigenvalue weighted by Gasteiger charge is -2.38. The minimum atomic E-state index is -1.94. The lowest BCUT2D eigenvalue weighted by atomic mass is 10.1. The number of amides is 1. The van der Waals surface area contributed by atoms with Gasteiger partial charge in [0.2, 0.25) is 6.79 Å². The van der Waals surface area contributed by atoms with Crippen molar-refractivity contribution in [2.24, 2.45) is 0 Å². The summed E-state index contributed by atoms with van der Waals surface area (Å²) in [5, 5.41) is 0. The van der Waals surface area contributed by atoms with Gasteiger partial charge >= 0.3 is 6.09 Å². The monoisotopic (exact) mass is 491 g/mol. The summed E-state index contributed by atoms with van der Waals surface area (Å²) in [6.07, 6.45) is 1.00. The van der Waals surface area contributed by atoms with E-state index in [0.29, 0.717) is 28.1 Å². The SMILES string of the molecule is C=CN(Cc1c(C#C[Si](C(C)C)(C(C)C)C(C)C)ccc2c1OCO2)C(=O)OCc1ccccc1. The summed E-state index contributed by atoms with van der Waals surface area (Å²) < 4.78 is 17.0. The molecule has 0 bridgehead atoms. The average Bonchev–Trinajstić information content (AvgIpc) is 3.31. The number of carbonyl (C=O) groups is 1. The Morgan fingerprint density at radius 1 is 1.06 bits per heavy atom. The normalized spacial score (nSPS) is 12.5. The molecule has 0 saturated heterocycles. The molecule has 6 heteroatoms. The van der Waals surface area contributed by atoms with Crippen molar-refractivity contribution in [3.8, 4) is 23.0 Å². The van der Waals surface area contributed by atoms with Gasteiger partial charge in [-0.2, -0.15) is 0 Å². The highest BCUT2D eigenvalue weighted by Crippen LogP contribution is 2.42.